The van der Waals surface area contributed by atoms with Gasteiger partial charge in [0.25, 0.3) is 5.91 Å². The van der Waals surface area contributed by atoms with Gasteiger partial charge in [0.1, 0.15) is 12.4 Å². The number of hydrogen-bond donors (Lipinski definition) is 1. The van der Waals surface area contributed by atoms with Gasteiger partial charge < -0.3 is 10.1 Å². The van der Waals surface area contributed by atoms with Gasteiger partial charge in [0, 0.05) is 11.3 Å². The molecule has 1 aromatic heterocycles. The van der Waals surface area contributed by atoms with Crippen molar-refractivity contribution in [2.75, 3.05) is 5.32 Å². The lowest BCUT2D eigenvalue weighted by Crippen LogP contribution is -2.12. The minimum Gasteiger partial charge on any atom is -0.487 e. The van der Waals surface area contributed by atoms with Crippen molar-refractivity contribution in [3.05, 3.63) is 80.0 Å². The summed E-state index contributed by atoms with van der Waals surface area (Å²) in [4.78, 5) is 12.7. The van der Waals surface area contributed by atoms with Crippen LogP contribution in [0.25, 0.3) is 0 Å². The second-order valence-electron chi connectivity index (χ2n) is 5.68. The monoisotopic (exact) mass is 445 g/mol. The minimum atomic E-state index is -4.61. The van der Waals surface area contributed by atoms with Crippen LogP contribution in [-0.2, 0) is 12.8 Å². The third-order valence-electron chi connectivity index (χ3n) is 3.64. The number of anilines is 1. The normalized spacial score (nSPS) is 11.3. The van der Waals surface area contributed by atoms with Gasteiger partial charge in [-0.2, -0.15) is 13.2 Å². The molecule has 3 aromatic rings. The van der Waals surface area contributed by atoms with Gasteiger partial charge in [0.15, 0.2) is 0 Å². The molecule has 2 aromatic carbocycles. The molecule has 0 saturated heterocycles. The maximum atomic E-state index is 12.9. The third-order valence-corrected chi connectivity index (χ3v) is 5.26. The Labute approximate surface area is 172 Å². The molecule has 0 bridgehead atoms. The first kappa shape index (κ1) is 20.5. The Morgan fingerprint density at radius 2 is 1.82 bits per heavy atom. The summed E-state index contributed by atoms with van der Waals surface area (Å²) in [5.41, 5.74) is -0.266. The first-order valence-corrected chi connectivity index (χ1v) is 9.50. The maximum absolute atomic E-state index is 12.9. The number of carbonyl (C=O) groups excluding carboxylic acids is 1. The van der Waals surface area contributed by atoms with E-state index in [1.54, 1.807) is 35.7 Å². The number of nitrogens with one attached hydrogen (secondary N) is 1. The average molecular weight is 446 g/mol. The molecule has 0 saturated carbocycles. The van der Waals surface area contributed by atoms with E-state index in [1.165, 1.54) is 6.07 Å². The van der Waals surface area contributed by atoms with Crippen molar-refractivity contribution in [1.82, 2.24) is 0 Å². The molecule has 1 amide bonds. The molecule has 3 nitrogen and oxygen atoms in total. The highest BCUT2D eigenvalue weighted by Crippen LogP contribution is 2.36. The molecule has 0 fully saturated rings. The van der Waals surface area contributed by atoms with Crippen molar-refractivity contribution in [1.29, 1.82) is 0 Å². The molecule has 28 heavy (non-hydrogen) atoms. The molecule has 146 valence electrons. The number of alkyl halides is 3. The predicted octanol–water partition coefficient (Wildman–Crippen LogP) is 6.91. The van der Waals surface area contributed by atoms with Gasteiger partial charge in [-0.3, -0.25) is 4.79 Å². The zero-order valence-corrected chi connectivity index (χ0v) is 16.3. The minimum absolute atomic E-state index is 0.00370. The summed E-state index contributed by atoms with van der Waals surface area (Å²) >= 11 is 12.8. The highest BCUT2D eigenvalue weighted by Gasteiger charge is 2.33. The van der Waals surface area contributed by atoms with E-state index < -0.39 is 22.7 Å². The van der Waals surface area contributed by atoms with E-state index in [2.05, 4.69) is 5.32 Å². The van der Waals surface area contributed by atoms with Crippen molar-refractivity contribution in [3.63, 3.8) is 0 Å². The highest BCUT2D eigenvalue weighted by molar-refractivity contribution is 7.12. The van der Waals surface area contributed by atoms with Crippen LogP contribution in [0.4, 0.5) is 18.9 Å². The fraction of sp³-hybridized carbons (Fsp3) is 0.105. The zero-order chi connectivity index (χ0) is 20.3. The van der Waals surface area contributed by atoms with Gasteiger partial charge in [-0.1, -0.05) is 35.3 Å². The Bertz CT molecular complexity index is 1000. The Kier molecular flexibility index (Phi) is 6.17. The number of benzene rings is 2. The molecule has 0 aliphatic carbocycles. The van der Waals surface area contributed by atoms with Crippen molar-refractivity contribution < 1.29 is 22.7 Å². The maximum Gasteiger partial charge on any atom is 0.417 e. The Morgan fingerprint density at radius 1 is 1.07 bits per heavy atom. The summed E-state index contributed by atoms with van der Waals surface area (Å²) in [7, 11) is 0. The number of para-hydroxylation sites is 1. The Morgan fingerprint density at radius 3 is 2.54 bits per heavy atom. The van der Waals surface area contributed by atoms with Crippen LogP contribution in [0.1, 0.15) is 20.8 Å². The van der Waals surface area contributed by atoms with Crippen LogP contribution in [0.5, 0.6) is 5.75 Å². The summed E-state index contributed by atoms with van der Waals surface area (Å²) in [6.07, 6.45) is -4.61. The molecule has 0 spiro atoms. The molecule has 3 rings (SSSR count). The van der Waals surface area contributed by atoms with Gasteiger partial charge in [0.05, 0.1) is 20.5 Å². The van der Waals surface area contributed by atoms with Gasteiger partial charge in [-0.25, -0.2) is 0 Å². The average Bonchev–Trinajstić information content (AvgIpc) is 3.11. The van der Waals surface area contributed by atoms with Gasteiger partial charge in [-0.15, -0.1) is 11.3 Å². The predicted molar refractivity (Wildman–Crippen MR) is 105 cm³/mol. The van der Waals surface area contributed by atoms with E-state index in [0.29, 0.717) is 15.6 Å². The van der Waals surface area contributed by atoms with Crippen LogP contribution in [-0.4, -0.2) is 5.91 Å². The first-order valence-electron chi connectivity index (χ1n) is 7.87. The molecule has 0 aliphatic heterocycles. The van der Waals surface area contributed by atoms with E-state index in [4.69, 9.17) is 27.9 Å². The van der Waals surface area contributed by atoms with E-state index in [0.717, 1.165) is 29.0 Å². The molecular weight excluding hydrogens is 434 g/mol. The summed E-state index contributed by atoms with van der Waals surface area (Å²) in [6.45, 7) is 0.201. The van der Waals surface area contributed by atoms with E-state index in [9.17, 15) is 18.0 Å². The fourth-order valence-electron chi connectivity index (χ4n) is 2.31. The quantitative estimate of drug-likeness (QED) is 0.463. The highest BCUT2D eigenvalue weighted by atomic mass is 35.5. The third kappa shape index (κ3) is 4.98. The molecule has 0 unspecified atom stereocenters. The Balaban J connectivity index is 1.67. The molecule has 0 atom stereocenters. The van der Waals surface area contributed by atoms with Crippen LogP contribution in [0.15, 0.2) is 53.9 Å². The number of ether oxygens (including phenoxy) is 1. The van der Waals surface area contributed by atoms with E-state index >= 15 is 0 Å². The summed E-state index contributed by atoms with van der Waals surface area (Å²) < 4.78 is 44.4. The second-order valence-corrected chi connectivity index (χ2v) is 7.41. The topological polar surface area (TPSA) is 38.3 Å². The number of rotatable bonds is 5. The van der Waals surface area contributed by atoms with Crippen molar-refractivity contribution >= 4 is 46.1 Å². The number of halogens is 5. The number of amides is 1. The fourth-order valence-corrected chi connectivity index (χ4v) is 3.51. The smallest absolute Gasteiger partial charge is 0.417 e. The summed E-state index contributed by atoms with van der Waals surface area (Å²) in [5, 5.41) is 4.22. The first-order chi connectivity index (χ1) is 13.2. The number of thiophene rings is 1. The zero-order valence-electron chi connectivity index (χ0n) is 14.0. The Hall–Kier alpha value is -2.22. The molecule has 1 heterocycles. The van der Waals surface area contributed by atoms with Gasteiger partial charge in [0.2, 0.25) is 0 Å². The van der Waals surface area contributed by atoms with Crippen molar-refractivity contribution in [2.45, 2.75) is 12.8 Å². The SMILES string of the molecule is O=C(Nc1ccc(Cl)c(C(F)(F)F)c1)c1cc(COc2ccccc2Cl)cs1. The van der Waals surface area contributed by atoms with Crippen LogP contribution >= 0.6 is 34.5 Å². The van der Waals surface area contributed by atoms with E-state index in [1.807, 2.05) is 0 Å². The number of hydrogen-bond acceptors (Lipinski definition) is 3. The molecule has 0 radical (unpaired) electrons. The summed E-state index contributed by atoms with van der Waals surface area (Å²) in [5.74, 6) is -0.00773. The summed E-state index contributed by atoms with van der Waals surface area (Å²) in [6, 6.07) is 11.8. The second kappa shape index (κ2) is 8.43. The van der Waals surface area contributed by atoms with E-state index in [-0.39, 0.29) is 12.3 Å². The molecule has 0 aliphatic rings. The molecular formula is C19H12Cl2F3NO2S. The van der Waals surface area contributed by atoms with Crippen LogP contribution in [0.2, 0.25) is 10.0 Å². The van der Waals surface area contributed by atoms with Crippen molar-refractivity contribution in [3.8, 4) is 5.75 Å². The van der Waals surface area contributed by atoms with Crippen LogP contribution in [0.3, 0.4) is 0 Å². The lowest BCUT2D eigenvalue weighted by Gasteiger charge is -2.11. The standard InChI is InChI=1S/C19H12Cl2F3NO2S/c20-14-6-5-12(8-13(14)19(22,23)24)25-18(26)17-7-11(10-28-17)9-27-16-4-2-1-3-15(16)21/h1-8,10H,9H2,(H,25,26). The van der Waals surface area contributed by atoms with Gasteiger partial charge >= 0.3 is 6.18 Å². The van der Waals surface area contributed by atoms with Crippen LogP contribution < -0.4 is 10.1 Å². The van der Waals surface area contributed by atoms with Gasteiger partial charge in [-0.05, 0) is 41.8 Å². The number of carbonyl (C=O) groups is 1. The lowest BCUT2D eigenvalue weighted by atomic mass is 10.2. The molecule has 1 N–H and O–H groups in total. The molecule has 9 heteroatoms. The van der Waals surface area contributed by atoms with Crippen molar-refractivity contribution in [2.24, 2.45) is 0 Å². The largest absolute Gasteiger partial charge is 0.487 e. The lowest BCUT2D eigenvalue weighted by molar-refractivity contribution is -0.137. The van der Waals surface area contributed by atoms with Crippen LogP contribution in [0, 0.1) is 0 Å².